The Morgan fingerprint density at radius 1 is 1.11 bits per heavy atom. The lowest BCUT2D eigenvalue weighted by atomic mass is 10.1. The van der Waals surface area contributed by atoms with Crippen molar-refractivity contribution >= 4 is 28.4 Å². The highest BCUT2D eigenvalue weighted by Gasteiger charge is 2.35. The molecular formula is C22H23N3O3. The van der Waals surface area contributed by atoms with Crippen LogP contribution in [-0.4, -0.2) is 41.0 Å². The van der Waals surface area contributed by atoms with Gasteiger partial charge in [0.15, 0.2) is 0 Å². The molecule has 28 heavy (non-hydrogen) atoms. The lowest BCUT2D eigenvalue weighted by molar-refractivity contribution is -0.119. The molecular weight excluding hydrogens is 354 g/mol. The normalized spacial score (nSPS) is 16.4. The average molecular weight is 377 g/mol. The number of rotatable bonds is 4. The number of fused-ring (bicyclic) bond motifs is 1. The van der Waals surface area contributed by atoms with Gasteiger partial charge in [0.25, 0.3) is 5.91 Å². The summed E-state index contributed by atoms with van der Waals surface area (Å²) in [5, 5.41) is 3.83. The van der Waals surface area contributed by atoms with Crippen LogP contribution in [-0.2, 0) is 11.8 Å². The van der Waals surface area contributed by atoms with E-state index >= 15 is 0 Å². The highest BCUT2D eigenvalue weighted by Crippen LogP contribution is 2.27. The van der Waals surface area contributed by atoms with Crippen molar-refractivity contribution < 1.29 is 14.3 Å². The minimum atomic E-state index is -0.464. The van der Waals surface area contributed by atoms with E-state index in [0.717, 1.165) is 23.1 Å². The Bertz CT molecular complexity index is 1020. The molecule has 2 aromatic carbocycles. The van der Waals surface area contributed by atoms with Gasteiger partial charge in [-0.25, -0.2) is 0 Å². The first-order valence-electron chi connectivity index (χ1n) is 9.38. The van der Waals surface area contributed by atoms with Crippen LogP contribution in [0.2, 0.25) is 0 Å². The van der Waals surface area contributed by atoms with Crippen molar-refractivity contribution in [2.45, 2.75) is 18.9 Å². The fourth-order valence-electron chi connectivity index (χ4n) is 3.85. The number of nitrogens with one attached hydrogen (secondary N) is 1. The maximum atomic E-state index is 13.2. The second-order valence-electron chi connectivity index (χ2n) is 7.05. The number of aromatic nitrogens is 1. The number of amides is 2. The van der Waals surface area contributed by atoms with E-state index in [-0.39, 0.29) is 11.8 Å². The third-order valence-corrected chi connectivity index (χ3v) is 5.30. The first-order chi connectivity index (χ1) is 13.6. The molecule has 0 saturated carbocycles. The van der Waals surface area contributed by atoms with Gasteiger partial charge in [-0.1, -0.05) is 18.2 Å². The molecule has 2 heterocycles. The molecule has 0 radical (unpaired) electrons. The molecule has 0 unspecified atom stereocenters. The summed E-state index contributed by atoms with van der Waals surface area (Å²) in [6, 6.07) is 14.5. The third kappa shape index (κ3) is 3.22. The van der Waals surface area contributed by atoms with Gasteiger partial charge in [-0.05, 0) is 43.2 Å². The number of methoxy groups -OCH3 is 1. The van der Waals surface area contributed by atoms with Gasteiger partial charge in [0.05, 0.1) is 12.7 Å². The van der Waals surface area contributed by atoms with Gasteiger partial charge >= 0.3 is 0 Å². The van der Waals surface area contributed by atoms with E-state index in [2.05, 4.69) is 5.32 Å². The number of para-hydroxylation sites is 1. The lowest BCUT2D eigenvalue weighted by Crippen LogP contribution is -2.43. The Kier molecular flexibility index (Phi) is 4.77. The van der Waals surface area contributed by atoms with E-state index in [4.69, 9.17) is 4.74 Å². The van der Waals surface area contributed by atoms with Crippen LogP contribution >= 0.6 is 0 Å². The molecule has 0 aliphatic carbocycles. The van der Waals surface area contributed by atoms with Gasteiger partial charge in [0, 0.05) is 36.4 Å². The van der Waals surface area contributed by atoms with Crippen LogP contribution in [0.5, 0.6) is 5.75 Å². The van der Waals surface area contributed by atoms with E-state index in [0.29, 0.717) is 24.2 Å². The topological polar surface area (TPSA) is 63.6 Å². The molecule has 4 rings (SSSR count). The monoisotopic (exact) mass is 377 g/mol. The van der Waals surface area contributed by atoms with Gasteiger partial charge in [0.1, 0.15) is 11.8 Å². The average Bonchev–Trinajstić information content (AvgIpc) is 3.34. The highest BCUT2D eigenvalue weighted by molar-refractivity contribution is 6.09. The number of carbonyl (C=O) groups excluding carboxylic acids is 2. The number of aryl methyl sites for hydroxylation is 1. The summed E-state index contributed by atoms with van der Waals surface area (Å²) in [4.78, 5) is 27.8. The minimum absolute atomic E-state index is 0.0934. The minimum Gasteiger partial charge on any atom is -0.497 e. The van der Waals surface area contributed by atoms with Crippen molar-refractivity contribution in [1.29, 1.82) is 0 Å². The number of ether oxygens (including phenoxy) is 1. The van der Waals surface area contributed by atoms with Crippen LogP contribution in [0.1, 0.15) is 23.2 Å². The van der Waals surface area contributed by atoms with Crippen molar-refractivity contribution in [3.63, 3.8) is 0 Å². The van der Waals surface area contributed by atoms with Crippen LogP contribution in [0.3, 0.4) is 0 Å². The summed E-state index contributed by atoms with van der Waals surface area (Å²) in [6.45, 7) is 0.586. The maximum absolute atomic E-state index is 13.2. The number of hydrogen-bond donors (Lipinski definition) is 1. The van der Waals surface area contributed by atoms with E-state index in [1.165, 1.54) is 0 Å². The molecule has 0 spiro atoms. The van der Waals surface area contributed by atoms with Gasteiger partial charge in [-0.15, -0.1) is 0 Å². The SMILES string of the molecule is COc1ccc(NC(=O)[C@@H]2CCCN2C(=O)c2cn(C)c3ccccc23)cc1. The molecule has 1 saturated heterocycles. The Morgan fingerprint density at radius 3 is 2.61 bits per heavy atom. The Labute approximate surface area is 163 Å². The van der Waals surface area contributed by atoms with Crippen LogP contribution in [0.15, 0.2) is 54.7 Å². The van der Waals surface area contributed by atoms with Crippen LogP contribution in [0.4, 0.5) is 5.69 Å². The van der Waals surface area contributed by atoms with Crippen molar-refractivity contribution in [3.05, 3.63) is 60.3 Å². The standard InChI is InChI=1S/C22H23N3O3/c1-24-14-18(17-6-3-4-7-19(17)24)22(27)25-13-5-8-20(25)21(26)23-15-9-11-16(28-2)12-10-15/h3-4,6-7,9-12,14,20H,5,8,13H2,1-2H3,(H,23,26)/t20-/m0/s1. The van der Waals surface area contributed by atoms with Crippen molar-refractivity contribution in [2.24, 2.45) is 7.05 Å². The predicted octanol–water partition coefficient (Wildman–Crippen LogP) is 3.43. The van der Waals surface area contributed by atoms with E-state index in [1.807, 2.05) is 42.1 Å². The zero-order valence-electron chi connectivity index (χ0n) is 16.0. The number of anilines is 1. The van der Waals surface area contributed by atoms with Crippen LogP contribution in [0.25, 0.3) is 10.9 Å². The first kappa shape index (κ1) is 18.1. The predicted molar refractivity (Wildman–Crippen MR) is 109 cm³/mol. The summed E-state index contributed by atoms with van der Waals surface area (Å²) in [6.07, 6.45) is 3.33. The smallest absolute Gasteiger partial charge is 0.256 e. The second-order valence-corrected chi connectivity index (χ2v) is 7.05. The highest BCUT2D eigenvalue weighted by atomic mass is 16.5. The van der Waals surface area contributed by atoms with Gasteiger partial charge < -0.3 is 19.5 Å². The van der Waals surface area contributed by atoms with Crippen molar-refractivity contribution in [1.82, 2.24) is 9.47 Å². The Morgan fingerprint density at radius 2 is 1.86 bits per heavy atom. The summed E-state index contributed by atoms with van der Waals surface area (Å²) >= 11 is 0. The van der Waals surface area contributed by atoms with E-state index in [1.54, 1.807) is 36.3 Å². The quantitative estimate of drug-likeness (QED) is 0.758. The van der Waals surface area contributed by atoms with Crippen molar-refractivity contribution in [3.8, 4) is 5.75 Å². The molecule has 1 fully saturated rings. The number of likely N-dealkylation sites (tertiary alicyclic amines) is 1. The number of carbonyl (C=O) groups is 2. The van der Waals surface area contributed by atoms with E-state index in [9.17, 15) is 9.59 Å². The fourth-order valence-corrected chi connectivity index (χ4v) is 3.85. The lowest BCUT2D eigenvalue weighted by Gasteiger charge is -2.24. The van der Waals surface area contributed by atoms with Crippen LogP contribution in [0, 0.1) is 0 Å². The summed E-state index contributed by atoms with van der Waals surface area (Å²) in [5.74, 6) is 0.479. The molecule has 3 aromatic rings. The number of benzene rings is 2. The number of nitrogens with zero attached hydrogens (tertiary/aromatic N) is 2. The van der Waals surface area contributed by atoms with Crippen LogP contribution < -0.4 is 10.1 Å². The summed E-state index contributed by atoms with van der Waals surface area (Å²) < 4.78 is 7.09. The largest absolute Gasteiger partial charge is 0.497 e. The molecule has 1 aliphatic heterocycles. The van der Waals surface area contributed by atoms with Crippen molar-refractivity contribution in [2.75, 3.05) is 19.0 Å². The molecule has 1 aromatic heterocycles. The zero-order valence-corrected chi connectivity index (χ0v) is 16.0. The molecule has 2 amide bonds. The second kappa shape index (κ2) is 7.38. The fraction of sp³-hybridized carbons (Fsp3) is 0.273. The molecule has 1 atom stereocenters. The van der Waals surface area contributed by atoms with Gasteiger partial charge in [-0.2, -0.15) is 0 Å². The Hall–Kier alpha value is -3.28. The van der Waals surface area contributed by atoms with Gasteiger partial charge in [-0.3, -0.25) is 9.59 Å². The molecule has 144 valence electrons. The third-order valence-electron chi connectivity index (χ3n) is 5.30. The molecule has 1 N–H and O–H groups in total. The number of hydrogen-bond acceptors (Lipinski definition) is 3. The maximum Gasteiger partial charge on any atom is 0.256 e. The van der Waals surface area contributed by atoms with Gasteiger partial charge in [0.2, 0.25) is 5.91 Å². The molecule has 6 nitrogen and oxygen atoms in total. The molecule has 0 bridgehead atoms. The summed E-state index contributed by atoms with van der Waals surface area (Å²) in [5.41, 5.74) is 2.33. The zero-order chi connectivity index (χ0) is 19.7. The summed E-state index contributed by atoms with van der Waals surface area (Å²) in [7, 11) is 3.53. The molecule has 1 aliphatic rings. The van der Waals surface area contributed by atoms with E-state index < -0.39 is 6.04 Å². The first-order valence-corrected chi connectivity index (χ1v) is 9.38. The Balaban J connectivity index is 1.55. The molecule has 6 heteroatoms.